The van der Waals surface area contributed by atoms with Crippen molar-refractivity contribution < 1.29 is 18.0 Å². The topological polar surface area (TPSA) is 135 Å². The number of fused-ring (bicyclic) bond motifs is 1. The van der Waals surface area contributed by atoms with Crippen LogP contribution in [0.4, 0.5) is 10.9 Å². The maximum absolute atomic E-state index is 13.3. The molecule has 0 bridgehead atoms. The summed E-state index contributed by atoms with van der Waals surface area (Å²) in [6.07, 6.45) is 8.64. The van der Waals surface area contributed by atoms with Crippen LogP contribution in [0.1, 0.15) is 65.4 Å². The second kappa shape index (κ2) is 8.88. The number of aromatic nitrogens is 3. The number of hydrogen-bond acceptors (Lipinski definition) is 8. The van der Waals surface area contributed by atoms with Gasteiger partial charge in [0.25, 0.3) is 5.91 Å². The normalized spacial score (nSPS) is 25.1. The molecule has 2 atom stereocenters. The van der Waals surface area contributed by atoms with Crippen molar-refractivity contribution in [3.8, 4) is 0 Å². The molecule has 3 heterocycles. The summed E-state index contributed by atoms with van der Waals surface area (Å²) in [7, 11) is -3.01. The Hall–Kier alpha value is -2.47. The molecule has 0 spiro atoms. The summed E-state index contributed by atoms with van der Waals surface area (Å²) in [5.74, 6) is 1.39. The number of carbonyl (C=O) groups is 2. The molecule has 3 N–H and O–H groups in total. The van der Waals surface area contributed by atoms with Crippen LogP contribution in [0.25, 0.3) is 0 Å². The minimum Gasteiger partial charge on any atom is -0.352 e. The molecular formula is C23H30N6O4S2. The molecular weight excluding hydrogens is 488 g/mol. The zero-order valence-corrected chi connectivity index (χ0v) is 21.1. The number of thiophene rings is 1. The fourth-order valence-electron chi connectivity index (χ4n) is 5.04. The van der Waals surface area contributed by atoms with Crippen molar-refractivity contribution in [2.45, 2.75) is 63.5 Å². The minimum absolute atomic E-state index is 0.00759. The Morgan fingerprint density at radius 3 is 2.69 bits per heavy atom. The van der Waals surface area contributed by atoms with Crippen LogP contribution in [0.5, 0.6) is 0 Å². The second-order valence-corrected chi connectivity index (χ2v) is 13.7. The molecule has 1 aliphatic heterocycles. The number of aryl methyl sites for hydroxylation is 1. The van der Waals surface area contributed by atoms with E-state index in [0.29, 0.717) is 41.8 Å². The third-order valence-corrected chi connectivity index (χ3v) is 10.4. The van der Waals surface area contributed by atoms with Gasteiger partial charge in [-0.05, 0) is 62.8 Å². The van der Waals surface area contributed by atoms with Crippen LogP contribution in [-0.2, 0) is 27.5 Å². The van der Waals surface area contributed by atoms with Crippen molar-refractivity contribution in [2.24, 2.45) is 11.8 Å². The molecule has 2 aromatic rings. The smallest absolute Gasteiger partial charge is 0.254 e. The fraction of sp³-hybridized carbons (Fsp3) is 0.652. The van der Waals surface area contributed by atoms with E-state index in [-0.39, 0.29) is 41.3 Å². The van der Waals surface area contributed by atoms with Gasteiger partial charge >= 0.3 is 0 Å². The first-order chi connectivity index (χ1) is 16.9. The van der Waals surface area contributed by atoms with E-state index in [4.69, 9.17) is 0 Å². The Labute approximate surface area is 208 Å². The van der Waals surface area contributed by atoms with Gasteiger partial charge in [-0.2, -0.15) is 0 Å². The lowest BCUT2D eigenvalue weighted by molar-refractivity contribution is -0.117. The maximum atomic E-state index is 13.3. The van der Waals surface area contributed by atoms with Crippen molar-refractivity contribution >= 4 is 43.9 Å². The van der Waals surface area contributed by atoms with Gasteiger partial charge in [0.2, 0.25) is 11.9 Å². The van der Waals surface area contributed by atoms with E-state index in [1.807, 2.05) is 4.57 Å². The lowest BCUT2D eigenvalue weighted by Crippen LogP contribution is -2.29. The molecule has 6 rings (SSSR count). The van der Waals surface area contributed by atoms with Crippen LogP contribution in [0.3, 0.4) is 0 Å². The van der Waals surface area contributed by atoms with Crippen LogP contribution in [-0.4, -0.2) is 59.1 Å². The molecule has 1 saturated heterocycles. The van der Waals surface area contributed by atoms with E-state index in [2.05, 4.69) is 26.1 Å². The van der Waals surface area contributed by atoms with Gasteiger partial charge in [-0.25, -0.2) is 8.42 Å². The lowest BCUT2D eigenvalue weighted by Gasteiger charge is -2.26. The van der Waals surface area contributed by atoms with Crippen LogP contribution in [0.2, 0.25) is 0 Å². The van der Waals surface area contributed by atoms with E-state index >= 15 is 0 Å². The van der Waals surface area contributed by atoms with Gasteiger partial charge in [-0.3, -0.25) is 14.2 Å². The number of rotatable bonds is 8. The molecule has 188 valence electrons. The third kappa shape index (κ3) is 4.95. The summed E-state index contributed by atoms with van der Waals surface area (Å²) in [6.45, 7) is 0.673. The molecule has 2 saturated carbocycles. The van der Waals surface area contributed by atoms with E-state index in [0.717, 1.165) is 49.0 Å². The Morgan fingerprint density at radius 1 is 1.14 bits per heavy atom. The standard InChI is InChI=1S/C23H30N6O4S2/c30-20(14-3-4-14)27-22-19(21(31)24-10-13-1-2-13)17-9-16(5-6-18(17)34-22)29-12-25-28-23(29)26-15-7-8-35(32,33)11-15/h12-16H,1-11H2,(H,24,31)(H,26,28)(H,27,30)/t15?,16-/m0/s1. The molecule has 1 unspecified atom stereocenters. The van der Waals surface area contributed by atoms with E-state index in [1.165, 1.54) is 11.3 Å². The van der Waals surface area contributed by atoms with Gasteiger partial charge in [-0.1, -0.05) is 0 Å². The molecule has 2 aromatic heterocycles. The molecule has 10 nitrogen and oxygen atoms in total. The van der Waals surface area contributed by atoms with E-state index in [9.17, 15) is 18.0 Å². The molecule has 3 fully saturated rings. The average molecular weight is 519 g/mol. The zero-order valence-electron chi connectivity index (χ0n) is 19.5. The van der Waals surface area contributed by atoms with Crippen molar-refractivity contribution in [3.63, 3.8) is 0 Å². The van der Waals surface area contributed by atoms with Gasteiger partial charge in [0.15, 0.2) is 9.84 Å². The quantitative estimate of drug-likeness (QED) is 0.487. The number of carbonyl (C=O) groups excluding carboxylic acids is 2. The molecule has 4 aliphatic rings. The number of hydrogen-bond donors (Lipinski definition) is 3. The number of sulfone groups is 1. The molecule has 0 radical (unpaired) electrons. The SMILES string of the molecule is O=C(NCC1CC1)c1c(NC(=O)C2CC2)sc2c1C[C@@H](n1cnnc1NC1CCS(=O)(=O)C1)CC2. The molecule has 0 aromatic carbocycles. The van der Waals surface area contributed by atoms with Gasteiger partial charge in [0.1, 0.15) is 11.3 Å². The summed E-state index contributed by atoms with van der Waals surface area (Å²) < 4.78 is 25.7. The van der Waals surface area contributed by atoms with Gasteiger partial charge in [0.05, 0.1) is 17.1 Å². The van der Waals surface area contributed by atoms with E-state index in [1.54, 1.807) is 6.33 Å². The first kappa shape index (κ1) is 23.0. The van der Waals surface area contributed by atoms with Crippen LogP contribution in [0.15, 0.2) is 6.33 Å². The predicted molar refractivity (Wildman–Crippen MR) is 132 cm³/mol. The summed E-state index contributed by atoms with van der Waals surface area (Å²) >= 11 is 1.53. The van der Waals surface area contributed by atoms with Crippen molar-refractivity contribution in [3.05, 3.63) is 22.3 Å². The van der Waals surface area contributed by atoms with Crippen molar-refractivity contribution in [1.29, 1.82) is 0 Å². The third-order valence-electron chi connectivity index (χ3n) is 7.43. The highest BCUT2D eigenvalue weighted by molar-refractivity contribution is 7.91. The highest BCUT2D eigenvalue weighted by atomic mass is 32.2. The zero-order chi connectivity index (χ0) is 24.2. The number of nitrogens with zero attached hydrogens (tertiary/aromatic N) is 3. The monoisotopic (exact) mass is 518 g/mol. The van der Waals surface area contributed by atoms with Gasteiger partial charge < -0.3 is 16.0 Å². The average Bonchev–Trinajstić information content (AvgIpc) is 3.73. The minimum atomic E-state index is -3.01. The summed E-state index contributed by atoms with van der Waals surface area (Å²) in [6, 6.07) is -0.133. The second-order valence-electron chi connectivity index (χ2n) is 10.3. The van der Waals surface area contributed by atoms with Crippen LogP contribution in [0, 0.1) is 11.8 Å². The van der Waals surface area contributed by atoms with Crippen LogP contribution >= 0.6 is 11.3 Å². The Balaban J connectivity index is 1.24. The number of anilines is 2. The highest BCUT2D eigenvalue weighted by Gasteiger charge is 2.35. The first-order valence-corrected chi connectivity index (χ1v) is 15.1. The fourth-order valence-corrected chi connectivity index (χ4v) is 7.96. The lowest BCUT2D eigenvalue weighted by atomic mass is 9.91. The highest BCUT2D eigenvalue weighted by Crippen LogP contribution is 2.42. The van der Waals surface area contributed by atoms with Crippen LogP contribution < -0.4 is 16.0 Å². The number of amides is 2. The van der Waals surface area contributed by atoms with Gasteiger partial charge in [0, 0.05) is 29.4 Å². The summed E-state index contributed by atoms with van der Waals surface area (Å²) in [5, 5.41) is 18.4. The molecule has 3 aliphatic carbocycles. The molecule has 2 amide bonds. The van der Waals surface area contributed by atoms with E-state index < -0.39 is 9.84 Å². The molecule has 12 heteroatoms. The first-order valence-electron chi connectivity index (χ1n) is 12.5. The summed E-state index contributed by atoms with van der Waals surface area (Å²) in [5.41, 5.74) is 1.60. The summed E-state index contributed by atoms with van der Waals surface area (Å²) in [4.78, 5) is 27.0. The Morgan fingerprint density at radius 2 is 1.97 bits per heavy atom. The predicted octanol–water partition coefficient (Wildman–Crippen LogP) is 2.16. The van der Waals surface area contributed by atoms with Crippen molar-refractivity contribution in [2.75, 3.05) is 28.7 Å². The van der Waals surface area contributed by atoms with Gasteiger partial charge in [-0.15, -0.1) is 21.5 Å². The largest absolute Gasteiger partial charge is 0.352 e. The Bertz CT molecular complexity index is 1260. The molecule has 35 heavy (non-hydrogen) atoms. The maximum Gasteiger partial charge on any atom is 0.254 e. The number of nitrogens with one attached hydrogen (secondary N) is 3. The Kier molecular flexibility index (Phi) is 5.82. The van der Waals surface area contributed by atoms with Crippen molar-refractivity contribution in [1.82, 2.24) is 20.1 Å².